The van der Waals surface area contributed by atoms with Crippen LogP contribution in [0.5, 0.6) is 5.75 Å². The van der Waals surface area contributed by atoms with Gasteiger partial charge in [-0.25, -0.2) is 5.48 Å². The van der Waals surface area contributed by atoms with Crippen LogP contribution in [0.2, 0.25) is 0 Å². The molecule has 22 heavy (non-hydrogen) atoms. The molecule has 0 radical (unpaired) electrons. The van der Waals surface area contributed by atoms with Gasteiger partial charge in [-0.15, -0.1) is 0 Å². The maximum Gasteiger partial charge on any atom is 0.274 e. The van der Waals surface area contributed by atoms with Crippen molar-refractivity contribution < 1.29 is 19.2 Å². The normalized spacial score (nSPS) is 12.8. The number of ether oxygens (including phenoxy) is 1. The third-order valence-electron chi connectivity index (χ3n) is 3.12. The quantitative estimate of drug-likeness (QED) is 0.845. The van der Waals surface area contributed by atoms with E-state index in [1.54, 1.807) is 18.2 Å². The van der Waals surface area contributed by atoms with Crippen molar-refractivity contribution in [3.8, 4) is 5.75 Å². The number of nitrogens with one attached hydrogen (secondary N) is 2. The van der Waals surface area contributed by atoms with E-state index >= 15 is 0 Å². The first kappa shape index (κ1) is 14.1. The number of hydrogen-bond acceptors (Lipinski definition) is 4. The second-order valence-electron chi connectivity index (χ2n) is 4.75. The molecule has 0 fully saturated rings. The molecule has 0 aromatic heterocycles. The summed E-state index contributed by atoms with van der Waals surface area (Å²) >= 11 is 0. The molecule has 0 saturated carbocycles. The number of benzene rings is 2. The smallest absolute Gasteiger partial charge is 0.274 e. The van der Waals surface area contributed by atoms with Gasteiger partial charge in [-0.3, -0.25) is 14.4 Å². The Kier molecular flexibility index (Phi) is 4.02. The van der Waals surface area contributed by atoms with E-state index in [-0.39, 0.29) is 25.0 Å². The summed E-state index contributed by atoms with van der Waals surface area (Å²) in [6.45, 7) is 0.229. The van der Waals surface area contributed by atoms with Crippen molar-refractivity contribution in [3.63, 3.8) is 0 Å². The molecule has 0 unspecified atom stereocenters. The van der Waals surface area contributed by atoms with Gasteiger partial charge < -0.3 is 10.1 Å². The summed E-state index contributed by atoms with van der Waals surface area (Å²) in [5.74, 6) is -0.120. The van der Waals surface area contributed by atoms with Crippen LogP contribution in [0, 0.1) is 0 Å². The van der Waals surface area contributed by atoms with Crippen LogP contribution in [0.3, 0.4) is 0 Å². The highest BCUT2D eigenvalue weighted by Crippen LogP contribution is 2.28. The van der Waals surface area contributed by atoms with Gasteiger partial charge in [0.05, 0.1) is 12.3 Å². The Bertz CT molecular complexity index is 701. The van der Waals surface area contributed by atoms with Crippen molar-refractivity contribution in [1.29, 1.82) is 0 Å². The van der Waals surface area contributed by atoms with E-state index < -0.39 is 0 Å². The van der Waals surface area contributed by atoms with E-state index in [1.165, 1.54) is 0 Å². The molecule has 6 heteroatoms. The Morgan fingerprint density at radius 2 is 2.05 bits per heavy atom. The van der Waals surface area contributed by atoms with Crippen molar-refractivity contribution in [3.05, 3.63) is 59.7 Å². The summed E-state index contributed by atoms with van der Waals surface area (Å²) in [5, 5.41) is 2.66. The fourth-order valence-electron chi connectivity index (χ4n) is 2.03. The maximum absolute atomic E-state index is 12.0. The van der Waals surface area contributed by atoms with E-state index in [2.05, 4.69) is 10.8 Å². The largest absolute Gasteiger partial charge is 0.482 e. The molecule has 0 bridgehead atoms. The highest BCUT2D eigenvalue weighted by atomic mass is 16.6. The molecule has 6 nitrogen and oxygen atoms in total. The van der Waals surface area contributed by atoms with Gasteiger partial charge >= 0.3 is 0 Å². The van der Waals surface area contributed by atoms with E-state index in [9.17, 15) is 9.59 Å². The Labute approximate surface area is 127 Å². The second kappa shape index (κ2) is 6.28. The summed E-state index contributed by atoms with van der Waals surface area (Å²) < 4.78 is 5.27. The fraction of sp³-hybridized carbons (Fsp3) is 0.125. The van der Waals surface area contributed by atoms with E-state index in [0.29, 0.717) is 17.0 Å². The summed E-state index contributed by atoms with van der Waals surface area (Å²) in [6, 6.07) is 14.3. The predicted molar refractivity (Wildman–Crippen MR) is 79.3 cm³/mol. The number of fused-ring (bicyclic) bond motifs is 1. The SMILES string of the molecule is O=C1COc2cc(C(=O)NOCc3ccccc3)ccc2N1. The molecule has 2 aromatic carbocycles. The summed E-state index contributed by atoms with van der Waals surface area (Å²) in [7, 11) is 0. The molecule has 0 saturated heterocycles. The number of rotatable bonds is 4. The number of carbonyl (C=O) groups excluding carboxylic acids is 2. The molecule has 0 spiro atoms. The molecule has 3 rings (SSSR count). The van der Waals surface area contributed by atoms with Gasteiger partial charge in [0, 0.05) is 5.56 Å². The Morgan fingerprint density at radius 1 is 1.23 bits per heavy atom. The minimum Gasteiger partial charge on any atom is -0.482 e. The topological polar surface area (TPSA) is 76.7 Å². The van der Waals surface area contributed by atoms with Crippen molar-refractivity contribution in [2.24, 2.45) is 0 Å². The van der Waals surface area contributed by atoms with Crippen LogP contribution < -0.4 is 15.5 Å². The molecule has 2 amide bonds. The number of carbonyl (C=O) groups is 2. The van der Waals surface area contributed by atoms with Gasteiger partial charge in [-0.2, -0.15) is 0 Å². The van der Waals surface area contributed by atoms with Gasteiger partial charge in [0.25, 0.3) is 11.8 Å². The molecule has 2 aromatic rings. The number of hydroxylamine groups is 1. The Balaban J connectivity index is 1.59. The molecule has 112 valence electrons. The zero-order chi connectivity index (χ0) is 15.4. The third-order valence-corrected chi connectivity index (χ3v) is 3.12. The molecular formula is C16H14N2O4. The first-order valence-electron chi connectivity index (χ1n) is 6.75. The highest BCUT2D eigenvalue weighted by molar-refractivity contribution is 5.98. The summed E-state index contributed by atoms with van der Waals surface area (Å²) in [6.07, 6.45) is 0. The first-order chi connectivity index (χ1) is 10.7. The minimum absolute atomic E-state index is 0.0530. The lowest BCUT2D eigenvalue weighted by Crippen LogP contribution is -2.27. The lowest BCUT2D eigenvalue weighted by atomic mass is 10.1. The van der Waals surface area contributed by atoms with Crippen LogP contribution in [-0.4, -0.2) is 18.4 Å². The third kappa shape index (κ3) is 3.24. The number of hydrogen-bond donors (Lipinski definition) is 2. The average Bonchev–Trinajstić information content (AvgIpc) is 2.55. The predicted octanol–water partition coefficient (Wildman–Crippen LogP) is 1.88. The molecule has 1 heterocycles. The fourth-order valence-corrected chi connectivity index (χ4v) is 2.03. The molecule has 0 atom stereocenters. The van der Waals surface area contributed by atoms with E-state index in [0.717, 1.165) is 5.56 Å². The lowest BCUT2D eigenvalue weighted by Gasteiger charge is -2.18. The van der Waals surface area contributed by atoms with Gasteiger partial charge in [-0.05, 0) is 23.8 Å². The van der Waals surface area contributed by atoms with Gasteiger partial charge in [0.2, 0.25) is 0 Å². The molecule has 0 aliphatic carbocycles. The number of anilines is 1. The van der Waals surface area contributed by atoms with Crippen LogP contribution in [0.15, 0.2) is 48.5 Å². The van der Waals surface area contributed by atoms with Crippen LogP contribution in [-0.2, 0) is 16.2 Å². The lowest BCUT2D eigenvalue weighted by molar-refractivity contribution is -0.118. The van der Waals surface area contributed by atoms with Crippen molar-refractivity contribution in [2.45, 2.75) is 6.61 Å². The standard InChI is InChI=1S/C16H14N2O4/c19-15-10-21-14-8-12(6-7-13(14)17-15)16(20)18-22-9-11-4-2-1-3-5-11/h1-8H,9-10H2,(H,17,19)(H,18,20). The van der Waals surface area contributed by atoms with Crippen LogP contribution >= 0.6 is 0 Å². The Morgan fingerprint density at radius 3 is 2.86 bits per heavy atom. The van der Waals surface area contributed by atoms with Gasteiger partial charge in [0.15, 0.2) is 6.61 Å². The number of amides is 2. The van der Waals surface area contributed by atoms with Crippen LogP contribution in [0.1, 0.15) is 15.9 Å². The van der Waals surface area contributed by atoms with Crippen molar-refractivity contribution >= 4 is 17.5 Å². The van der Waals surface area contributed by atoms with Crippen LogP contribution in [0.25, 0.3) is 0 Å². The van der Waals surface area contributed by atoms with Gasteiger partial charge in [0.1, 0.15) is 5.75 Å². The van der Waals surface area contributed by atoms with Gasteiger partial charge in [-0.1, -0.05) is 30.3 Å². The minimum atomic E-state index is -0.376. The highest BCUT2D eigenvalue weighted by Gasteiger charge is 2.17. The molecule has 1 aliphatic heterocycles. The molecular weight excluding hydrogens is 284 g/mol. The Hall–Kier alpha value is -2.86. The zero-order valence-corrected chi connectivity index (χ0v) is 11.7. The van der Waals surface area contributed by atoms with Crippen molar-refractivity contribution in [1.82, 2.24) is 5.48 Å². The average molecular weight is 298 g/mol. The maximum atomic E-state index is 12.0. The monoisotopic (exact) mass is 298 g/mol. The molecule has 2 N–H and O–H groups in total. The van der Waals surface area contributed by atoms with E-state index in [1.807, 2.05) is 30.3 Å². The second-order valence-corrected chi connectivity index (χ2v) is 4.75. The van der Waals surface area contributed by atoms with Crippen molar-refractivity contribution in [2.75, 3.05) is 11.9 Å². The summed E-state index contributed by atoms with van der Waals surface area (Å²) in [5.41, 5.74) is 4.28. The van der Waals surface area contributed by atoms with E-state index in [4.69, 9.17) is 9.57 Å². The van der Waals surface area contributed by atoms with Crippen LogP contribution in [0.4, 0.5) is 5.69 Å². The molecule has 1 aliphatic rings. The first-order valence-corrected chi connectivity index (χ1v) is 6.75. The summed E-state index contributed by atoms with van der Waals surface area (Å²) in [4.78, 5) is 28.4. The zero-order valence-electron chi connectivity index (χ0n) is 11.7.